The molecule has 4 rings (SSSR count). The number of halogens is 3. The maximum absolute atomic E-state index is 12.9. The van der Waals surface area contributed by atoms with Crippen molar-refractivity contribution in [2.45, 2.75) is 37.9 Å². The molecule has 2 amide bonds. The predicted molar refractivity (Wildman–Crippen MR) is 131 cm³/mol. The highest BCUT2D eigenvalue weighted by atomic mass is 19.4. The number of anilines is 1. The molecule has 0 spiro atoms. The number of hydrogen-bond acceptors (Lipinski definition) is 5. The Balaban J connectivity index is 1.22. The summed E-state index contributed by atoms with van der Waals surface area (Å²) in [6.45, 7) is 1.89. The molecule has 2 atom stereocenters. The molecule has 0 aliphatic carbocycles. The molecule has 37 heavy (non-hydrogen) atoms. The Kier molecular flexibility index (Phi) is 8.16. The van der Waals surface area contributed by atoms with E-state index in [0.717, 1.165) is 43.0 Å². The van der Waals surface area contributed by atoms with Gasteiger partial charge in [0.05, 0.1) is 19.2 Å². The standard InChI is InChI=1S/C27H30F3N3O4/c1-37-24-7-5-21(6-8-24)33-12-10-22(15-25(33)35)32-11-9-18(17-32)13-23(34)16-31-26(36)19-3-2-4-20(14-19)27(28,29)30/h2-8,14,18,22H,9-13,15-17H2,1H3,(H,31,36)/t18-,22?/m0/s1. The Morgan fingerprint density at radius 1 is 1.08 bits per heavy atom. The first-order valence-electron chi connectivity index (χ1n) is 12.3. The van der Waals surface area contributed by atoms with Gasteiger partial charge in [0, 0.05) is 43.2 Å². The van der Waals surface area contributed by atoms with Crippen molar-refractivity contribution in [3.63, 3.8) is 0 Å². The molecule has 0 aromatic heterocycles. The zero-order chi connectivity index (χ0) is 26.6. The van der Waals surface area contributed by atoms with E-state index in [1.165, 1.54) is 12.1 Å². The Labute approximate surface area is 213 Å². The molecule has 10 heteroatoms. The summed E-state index contributed by atoms with van der Waals surface area (Å²) in [6.07, 6.45) is -2.19. The number of benzene rings is 2. The molecule has 1 unspecified atom stereocenters. The fraction of sp³-hybridized carbons (Fsp3) is 0.444. The minimum absolute atomic E-state index is 0.0678. The molecule has 7 nitrogen and oxygen atoms in total. The lowest BCUT2D eigenvalue weighted by Gasteiger charge is -2.36. The molecule has 2 aliphatic heterocycles. The average Bonchev–Trinajstić information content (AvgIpc) is 3.35. The molecule has 2 saturated heterocycles. The number of carbonyl (C=O) groups excluding carboxylic acids is 3. The van der Waals surface area contributed by atoms with E-state index in [4.69, 9.17) is 4.74 Å². The van der Waals surface area contributed by atoms with E-state index in [0.29, 0.717) is 19.5 Å². The SMILES string of the molecule is COc1ccc(N2CCC(N3CC[C@@H](CC(=O)CNC(=O)c4cccc(C(F)(F)F)c4)C3)CC2=O)cc1. The fourth-order valence-corrected chi connectivity index (χ4v) is 5.04. The van der Waals surface area contributed by atoms with Crippen molar-refractivity contribution in [3.8, 4) is 5.75 Å². The molecule has 198 valence electrons. The first kappa shape index (κ1) is 26.7. The third-order valence-corrected chi connectivity index (χ3v) is 7.03. The van der Waals surface area contributed by atoms with Gasteiger partial charge in [-0.2, -0.15) is 13.2 Å². The van der Waals surface area contributed by atoms with Crippen LogP contribution in [0.3, 0.4) is 0 Å². The quantitative estimate of drug-likeness (QED) is 0.574. The molecular weight excluding hydrogens is 487 g/mol. The smallest absolute Gasteiger partial charge is 0.416 e. The summed E-state index contributed by atoms with van der Waals surface area (Å²) in [6, 6.07) is 11.7. The molecule has 2 heterocycles. The Morgan fingerprint density at radius 2 is 1.84 bits per heavy atom. The lowest BCUT2D eigenvalue weighted by molar-refractivity contribution is -0.137. The van der Waals surface area contributed by atoms with Crippen LogP contribution >= 0.6 is 0 Å². The number of likely N-dealkylation sites (tertiary alicyclic amines) is 1. The lowest BCUT2D eigenvalue weighted by atomic mass is 10.0. The van der Waals surface area contributed by atoms with E-state index in [1.807, 2.05) is 24.3 Å². The number of nitrogens with one attached hydrogen (secondary N) is 1. The van der Waals surface area contributed by atoms with E-state index in [-0.39, 0.29) is 42.2 Å². The summed E-state index contributed by atoms with van der Waals surface area (Å²) >= 11 is 0. The van der Waals surface area contributed by atoms with Gasteiger partial charge in [-0.25, -0.2) is 0 Å². The van der Waals surface area contributed by atoms with Crippen LogP contribution in [0.5, 0.6) is 5.75 Å². The molecule has 1 N–H and O–H groups in total. The molecule has 0 saturated carbocycles. The van der Waals surface area contributed by atoms with Crippen LogP contribution < -0.4 is 15.0 Å². The van der Waals surface area contributed by atoms with Crippen LogP contribution in [0.4, 0.5) is 18.9 Å². The Hall–Kier alpha value is -3.40. The number of carbonyl (C=O) groups is 3. The van der Waals surface area contributed by atoms with Crippen molar-refractivity contribution in [2.75, 3.05) is 38.2 Å². The van der Waals surface area contributed by atoms with Gasteiger partial charge in [-0.15, -0.1) is 0 Å². The number of ketones is 1. The van der Waals surface area contributed by atoms with E-state index >= 15 is 0 Å². The van der Waals surface area contributed by atoms with E-state index < -0.39 is 17.6 Å². The highest BCUT2D eigenvalue weighted by Crippen LogP contribution is 2.30. The van der Waals surface area contributed by atoms with Gasteiger partial charge >= 0.3 is 6.18 Å². The van der Waals surface area contributed by atoms with Crippen molar-refractivity contribution >= 4 is 23.3 Å². The van der Waals surface area contributed by atoms with Gasteiger partial charge in [-0.1, -0.05) is 6.07 Å². The number of ether oxygens (including phenoxy) is 1. The number of Topliss-reactive ketones (excluding diaryl/α,β-unsaturated/α-hetero) is 1. The van der Waals surface area contributed by atoms with Crippen LogP contribution in [0.25, 0.3) is 0 Å². The van der Waals surface area contributed by atoms with Gasteiger partial charge in [0.1, 0.15) is 5.75 Å². The molecule has 0 radical (unpaired) electrons. The van der Waals surface area contributed by atoms with Gasteiger partial charge in [-0.3, -0.25) is 19.3 Å². The van der Waals surface area contributed by atoms with Crippen LogP contribution in [0, 0.1) is 5.92 Å². The molecule has 2 fully saturated rings. The van der Waals surface area contributed by atoms with Crippen LogP contribution in [0.1, 0.15) is 41.6 Å². The lowest BCUT2D eigenvalue weighted by Crippen LogP contribution is -2.47. The van der Waals surface area contributed by atoms with Crippen LogP contribution in [-0.4, -0.2) is 61.8 Å². The van der Waals surface area contributed by atoms with Crippen LogP contribution in [-0.2, 0) is 15.8 Å². The molecule has 2 aliphatic rings. The molecule has 2 aromatic rings. The van der Waals surface area contributed by atoms with E-state index in [2.05, 4.69) is 10.2 Å². The highest BCUT2D eigenvalue weighted by molar-refractivity contribution is 5.97. The number of hydrogen-bond donors (Lipinski definition) is 1. The summed E-state index contributed by atoms with van der Waals surface area (Å²) in [5.41, 5.74) is -0.201. The number of nitrogens with zero attached hydrogens (tertiary/aromatic N) is 2. The Morgan fingerprint density at radius 3 is 2.51 bits per heavy atom. The molecule has 0 bridgehead atoms. The summed E-state index contributed by atoms with van der Waals surface area (Å²) in [4.78, 5) is 41.6. The number of rotatable bonds is 8. The topological polar surface area (TPSA) is 79.0 Å². The second-order valence-electron chi connectivity index (χ2n) is 9.54. The van der Waals surface area contributed by atoms with Crippen LogP contribution in [0.2, 0.25) is 0 Å². The predicted octanol–water partition coefficient (Wildman–Crippen LogP) is 3.92. The van der Waals surface area contributed by atoms with Crippen molar-refractivity contribution < 1.29 is 32.3 Å². The first-order chi connectivity index (χ1) is 17.6. The largest absolute Gasteiger partial charge is 0.497 e. The Bertz CT molecular complexity index is 1140. The van der Waals surface area contributed by atoms with Crippen molar-refractivity contribution in [2.24, 2.45) is 5.92 Å². The van der Waals surface area contributed by atoms with Gasteiger partial charge in [0.25, 0.3) is 5.91 Å². The fourth-order valence-electron chi connectivity index (χ4n) is 5.04. The minimum atomic E-state index is -4.54. The average molecular weight is 518 g/mol. The maximum atomic E-state index is 12.9. The van der Waals surface area contributed by atoms with Crippen LogP contribution in [0.15, 0.2) is 48.5 Å². The van der Waals surface area contributed by atoms with Crippen molar-refractivity contribution in [1.29, 1.82) is 0 Å². The first-order valence-corrected chi connectivity index (χ1v) is 12.3. The summed E-state index contributed by atoms with van der Waals surface area (Å²) < 4.78 is 43.8. The number of alkyl halides is 3. The summed E-state index contributed by atoms with van der Waals surface area (Å²) in [5, 5.41) is 2.43. The normalized spacial score (nSPS) is 20.6. The zero-order valence-corrected chi connectivity index (χ0v) is 20.6. The number of methoxy groups -OCH3 is 1. The molecule has 2 aromatic carbocycles. The third-order valence-electron chi connectivity index (χ3n) is 7.03. The minimum Gasteiger partial charge on any atom is -0.497 e. The van der Waals surface area contributed by atoms with Gasteiger partial charge in [0.2, 0.25) is 5.91 Å². The van der Waals surface area contributed by atoms with Gasteiger partial charge < -0.3 is 15.0 Å². The zero-order valence-electron chi connectivity index (χ0n) is 20.6. The maximum Gasteiger partial charge on any atom is 0.416 e. The molecular formula is C27H30F3N3O4. The second-order valence-corrected chi connectivity index (χ2v) is 9.54. The van der Waals surface area contributed by atoms with E-state index in [1.54, 1.807) is 12.0 Å². The third kappa shape index (κ3) is 6.68. The highest BCUT2D eigenvalue weighted by Gasteiger charge is 2.35. The van der Waals surface area contributed by atoms with Gasteiger partial charge in [0.15, 0.2) is 5.78 Å². The number of piperidine rings is 1. The van der Waals surface area contributed by atoms with Crippen molar-refractivity contribution in [1.82, 2.24) is 10.2 Å². The summed E-state index contributed by atoms with van der Waals surface area (Å²) in [5.74, 6) is 0.0390. The monoisotopic (exact) mass is 517 g/mol. The summed E-state index contributed by atoms with van der Waals surface area (Å²) in [7, 11) is 1.60. The number of amides is 2. The van der Waals surface area contributed by atoms with Crippen molar-refractivity contribution in [3.05, 3.63) is 59.7 Å². The van der Waals surface area contributed by atoms with Gasteiger partial charge in [-0.05, 0) is 67.8 Å². The second kappa shape index (κ2) is 11.3. The van der Waals surface area contributed by atoms with E-state index in [9.17, 15) is 27.6 Å².